The Morgan fingerprint density at radius 2 is 1.96 bits per heavy atom. The molecule has 0 saturated carbocycles. The van der Waals surface area contributed by atoms with E-state index in [1.807, 2.05) is 17.7 Å². The Morgan fingerprint density at radius 1 is 1.21 bits per heavy atom. The van der Waals surface area contributed by atoms with Crippen molar-refractivity contribution in [2.24, 2.45) is 10.7 Å². The standard InChI is InChI=1S/C21H32N6O/c1-17-20(18(2)27(25-17)16-19-7-4-3-5-8-19)15-24-21(22)23-9-6-10-26-11-13-28-14-12-26/h3-5,7-8H,6,9-16H2,1-2H3,(H3,22,23,24). The maximum atomic E-state index is 6.05. The number of guanidine groups is 1. The minimum atomic E-state index is 0.497. The molecule has 2 heterocycles. The molecular weight excluding hydrogens is 352 g/mol. The maximum Gasteiger partial charge on any atom is 0.188 e. The molecular formula is C21H32N6O. The van der Waals surface area contributed by atoms with Crippen molar-refractivity contribution in [3.63, 3.8) is 0 Å². The van der Waals surface area contributed by atoms with Crippen LogP contribution in [0.1, 0.15) is 28.9 Å². The topological polar surface area (TPSA) is 80.7 Å². The van der Waals surface area contributed by atoms with Gasteiger partial charge in [-0.1, -0.05) is 30.3 Å². The van der Waals surface area contributed by atoms with Crippen molar-refractivity contribution in [3.8, 4) is 0 Å². The predicted molar refractivity (Wildman–Crippen MR) is 112 cm³/mol. The van der Waals surface area contributed by atoms with Crippen LogP contribution < -0.4 is 11.1 Å². The summed E-state index contributed by atoms with van der Waals surface area (Å²) in [6, 6.07) is 10.4. The molecule has 0 radical (unpaired) electrons. The van der Waals surface area contributed by atoms with Gasteiger partial charge in [0.05, 0.1) is 32.0 Å². The second-order valence-electron chi connectivity index (χ2n) is 7.23. The lowest BCUT2D eigenvalue weighted by molar-refractivity contribution is 0.0376. The molecule has 0 spiro atoms. The number of aromatic nitrogens is 2. The Hall–Kier alpha value is -2.38. The number of nitrogens with zero attached hydrogens (tertiary/aromatic N) is 4. The zero-order valence-electron chi connectivity index (χ0n) is 17.0. The Morgan fingerprint density at radius 3 is 2.71 bits per heavy atom. The number of morpholine rings is 1. The Kier molecular flexibility index (Phi) is 7.45. The number of aliphatic imine (C=N–C) groups is 1. The predicted octanol–water partition coefficient (Wildman–Crippen LogP) is 1.67. The summed E-state index contributed by atoms with van der Waals surface area (Å²) in [6.07, 6.45) is 1.04. The molecule has 1 saturated heterocycles. The summed E-state index contributed by atoms with van der Waals surface area (Å²) in [7, 11) is 0. The van der Waals surface area contributed by atoms with Crippen molar-refractivity contribution in [3.05, 3.63) is 52.8 Å². The number of hydrogen-bond acceptors (Lipinski definition) is 4. The van der Waals surface area contributed by atoms with Gasteiger partial charge in [0.25, 0.3) is 0 Å². The highest BCUT2D eigenvalue weighted by Crippen LogP contribution is 2.15. The van der Waals surface area contributed by atoms with Crippen LogP contribution in [0.25, 0.3) is 0 Å². The second-order valence-corrected chi connectivity index (χ2v) is 7.23. The molecule has 1 aliphatic heterocycles. The highest BCUT2D eigenvalue weighted by Gasteiger charge is 2.12. The van der Waals surface area contributed by atoms with Crippen LogP contribution >= 0.6 is 0 Å². The summed E-state index contributed by atoms with van der Waals surface area (Å²) in [4.78, 5) is 6.94. The first-order chi connectivity index (χ1) is 13.6. The molecule has 1 aromatic heterocycles. The van der Waals surface area contributed by atoms with Crippen LogP contribution in [0, 0.1) is 13.8 Å². The van der Waals surface area contributed by atoms with E-state index in [-0.39, 0.29) is 0 Å². The van der Waals surface area contributed by atoms with E-state index in [1.54, 1.807) is 0 Å². The van der Waals surface area contributed by atoms with Gasteiger partial charge in [0.2, 0.25) is 0 Å². The summed E-state index contributed by atoms with van der Waals surface area (Å²) in [6.45, 7) is 11.1. The molecule has 7 heteroatoms. The third-order valence-electron chi connectivity index (χ3n) is 5.17. The first kappa shape index (κ1) is 20.4. The molecule has 1 fully saturated rings. The number of aryl methyl sites for hydroxylation is 1. The Bertz CT molecular complexity index is 765. The van der Waals surface area contributed by atoms with Crippen LogP contribution in [0.5, 0.6) is 0 Å². The fourth-order valence-electron chi connectivity index (χ4n) is 3.44. The molecule has 0 aliphatic carbocycles. The van der Waals surface area contributed by atoms with Gasteiger partial charge in [-0.3, -0.25) is 9.58 Å². The SMILES string of the molecule is Cc1nn(Cc2ccccc2)c(C)c1CN=C(N)NCCCN1CCOCC1. The van der Waals surface area contributed by atoms with Crippen LogP contribution in [-0.4, -0.2) is 60.0 Å². The lowest BCUT2D eigenvalue weighted by atomic mass is 10.2. The van der Waals surface area contributed by atoms with Gasteiger partial charge in [0, 0.05) is 30.9 Å². The number of hydrogen-bond donors (Lipinski definition) is 2. The fraction of sp³-hybridized carbons (Fsp3) is 0.524. The van der Waals surface area contributed by atoms with Gasteiger partial charge in [-0.2, -0.15) is 5.10 Å². The summed E-state index contributed by atoms with van der Waals surface area (Å²) >= 11 is 0. The van der Waals surface area contributed by atoms with Gasteiger partial charge < -0.3 is 15.8 Å². The highest BCUT2D eigenvalue weighted by molar-refractivity contribution is 5.77. The van der Waals surface area contributed by atoms with Crippen molar-refractivity contribution in [1.29, 1.82) is 0 Å². The first-order valence-electron chi connectivity index (χ1n) is 10.0. The molecule has 0 bridgehead atoms. The molecule has 152 valence electrons. The van der Waals surface area contributed by atoms with Crippen LogP contribution in [0.2, 0.25) is 0 Å². The third kappa shape index (κ3) is 5.81. The Balaban J connectivity index is 1.47. The van der Waals surface area contributed by atoms with Crippen LogP contribution in [-0.2, 0) is 17.8 Å². The van der Waals surface area contributed by atoms with Crippen LogP contribution in [0.4, 0.5) is 0 Å². The highest BCUT2D eigenvalue weighted by atomic mass is 16.5. The lowest BCUT2D eigenvalue weighted by Gasteiger charge is -2.26. The Labute approximate surface area is 167 Å². The molecule has 1 aliphatic rings. The zero-order chi connectivity index (χ0) is 19.8. The number of nitrogens with one attached hydrogen (secondary N) is 1. The van der Waals surface area contributed by atoms with E-state index in [9.17, 15) is 0 Å². The van der Waals surface area contributed by atoms with E-state index in [4.69, 9.17) is 10.5 Å². The van der Waals surface area contributed by atoms with Crippen molar-refractivity contribution >= 4 is 5.96 Å². The number of ether oxygens (including phenoxy) is 1. The van der Waals surface area contributed by atoms with E-state index in [2.05, 4.69) is 51.5 Å². The quantitative estimate of drug-likeness (QED) is 0.411. The molecule has 0 amide bonds. The van der Waals surface area contributed by atoms with E-state index in [1.165, 1.54) is 5.56 Å². The molecule has 0 atom stereocenters. The van der Waals surface area contributed by atoms with Crippen LogP contribution in [0.15, 0.2) is 35.3 Å². The summed E-state index contributed by atoms with van der Waals surface area (Å²) in [5.41, 5.74) is 10.6. The van der Waals surface area contributed by atoms with Crippen molar-refractivity contribution in [2.75, 3.05) is 39.4 Å². The maximum absolute atomic E-state index is 6.05. The summed E-state index contributed by atoms with van der Waals surface area (Å²) < 4.78 is 7.41. The average molecular weight is 385 g/mol. The smallest absolute Gasteiger partial charge is 0.188 e. The largest absolute Gasteiger partial charge is 0.379 e. The van der Waals surface area contributed by atoms with Gasteiger partial charge in [-0.05, 0) is 32.4 Å². The van der Waals surface area contributed by atoms with Gasteiger partial charge in [0.15, 0.2) is 5.96 Å². The molecule has 2 aromatic rings. The number of benzene rings is 1. The molecule has 0 unspecified atom stereocenters. The van der Waals surface area contributed by atoms with Crippen molar-refractivity contribution < 1.29 is 4.74 Å². The van der Waals surface area contributed by atoms with Gasteiger partial charge in [0.1, 0.15) is 0 Å². The summed E-state index contributed by atoms with van der Waals surface area (Å²) in [5.74, 6) is 0.497. The van der Waals surface area contributed by atoms with E-state index < -0.39 is 0 Å². The number of rotatable bonds is 8. The van der Waals surface area contributed by atoms with Crippen LogP contribution in [0.3, 0.4) is 0 Å². The van der Waals surface area contributed by atoms with E-state index >= 15 is 0 Å². The minimum absolute atomic E-state index is 0.497. The van der Waals surface area contributed by atoms with Crippen molar-refractivity contribution in [1.82, 2.24) is 20.0 Å². The molecule has 3 rings (SSSR count). The molecule has 3 N–H and O–H groups in total. The number of nitrogens with two attached hydrogens (primary N) is 1. The minimum Gasteiger partial charge on any atom is -0.379 e. The van der Waals surface area contributed by atoms with E-state index in [0.29, 0.717) is 12.5 Å². The van der Waals surface area contributed by atoms with Gasteiger partial charge >= 0.3 is 0 Å². The second kappa shape index (κ2) is 10.2. The van der Waals surface area contributed by atoms with Gasteiger partial charge in [-0.25, -0.2) is 4.99 Å². The zero-order valence-corrected chi connectivity index (χ0v) is 17.0. The first-order valence-corrected chi connectivity index (χ1v) is 10.0. The monoisotopic (exact) mass is 384 g/mol. The normalized spacial score (nSPS) is 15.7. The van der Waals surface area contributed by atoms with Crippen molar-refractivity contribution in [2.45, 2.75) is 33.4 Å². The molecule has 1 aromatic carbocycles. The molecule has 28 heavy (non-hydrogen) atoms. The average Bonchev–Trinajstić information content (AvgIpc) is 2.98. The molecule has 7 nitrogen and oxygen atoms in total. The van der Waals surface area contributed by atoms with Gasteiger partial charge in [-0.15, -0.1) is 0 Å². The third-order valence-corrected chi connectivity index (χ3v) is 5.17. The van der Waals surface area contributed by atoms with E-state index in [0.717, 1.165) is 69.3 Å². The fourth-order valence-corrected chi connectivity index (χ4v) is 3.44. The summed E-state index contributed by atoms with van der Waals surface area (Å²) in [5, 5.41) is 7.90. The lowest BCUT2D eigenvalue weighted by Crippen LogP contribution is -2.39.